The van der Waals surface area contributed by atoms with Crippen molar-refractivity contribution in [3.8, 4) is 0 Å². The van der Waals surface area contributed by atoms with Crippen LogP contribution >= 0.6 is 0 Å². The Labute approximate surface area is 85.2 Å². The van der Waals surface area contributed by atoms with E-state index in [1.807, 2.05) is 6.92 Å². The van der Waals surface area contributed by atoms with Gasteiger partial charge in [-0.3, -0.25) is 0 Å². The van der Waals surface area contributed by atoms with Gasteiger partial charge in [-0.25, -0.2) is 0 Å². The molecule has 0 aliphatic rings. The molecule has 0 amide bonds. The third-order valence-corrected chi connectivity index (χ3v) is 4.73. The lowest BCUT2D eigenvalue weighted by Gasteiger charge is -2.25. The van der Waals surface area contributed by atoms with Gasteiger partial charge in [0, 0.05) is 38.3 Å². The van der Waals surface area contributed by atoms with Crippen molar-refractivity contribution in [1.82, 2.24) is 0 Å². The van der Waals surface area contributed by atoms with Gasteiger partial charge < -0.3 is 13.3 Å². The molecule has 0 spiro atoms. The summed E-state index contributed by atoms with van der Waals surface area (Å²) < 4.78 is 16.0. The van der Waals surface area contributed by atoms with Gasteiger partial charge in [0.1, 0.15) is 0 Å². The normalized spacial score (nSPS) is 11.1. The third-order valence-electron chi connectivity index (χ3n) is 1.79. The average Bonchev–Trinajstić information content (AvgIpc) is 2.23. The highest BCUT2D eigenvalue weighted by atomic mass is 28.4. The second-order valence-corrected chi connectivity index (χ2v) is 5.55. The Kier molecular flexibility index (Phi) is 7.45. The largest absolute Gasteiger partial charge is 0.500 e. The van der Waals surface area contributed by atoms with Gasteiger partial charge in [0.25, 0.3) is 0 Å². The number of nitrogens with zero attached hydrogens (tertiary/aromatic N) is 3. The second-order valence-electron chi connectivity index (χ2n) is 2.58. The van der Waals surface area contributed by atoms with Crippen molar-refractivity contribution in [3.05, 3.63) is 10.4 Å². The Morgan fingerprint density at radius 2 is 2.00 bits per heavy atom. The van der Waals surface area contributed by atoms with Gasteiger partial charge in [-0.05, 0) is 18.9 Å². The zero-order valence-electron chi connectivity index (χ0n) is 8.89. The predicted octanol–water partition coefficient (Wildman–Crippen LogP) is 1.96. The molecule has 0 atom stereocenters. The van der Waals surface area contributed by atoms with Gasteiger partial charge in [-0.2, -0.15) is 0 Å². The molecule has 7 heteroatoms. The highest BCUT2D eigenvalue weighted by Crippen LogP contribution is 2.15. The van der Waals surface area contributed by atoms with Gasteiger partial charge >= 0.3 is 8.80 Å². The topological polar surface area (TPSA) is 76.5 Å². The van der Waals surface area contributed by atoms with Crippen LogP contribution in [-0.2, 0) is 13.3 Å². The molecule has 0 aliphatic carbocycles. The van der Waals surface area contributed by atoms with Crippen LogP contribution in [0.1, 0.15) is 13.3 Å². The van der Waals surface area contributed by atoms with Crippen LogP contribution in [0.3, 0.4) is 0 Å². The Morgan fingerprint density at radius 3 is 2.43 bits per heavy atom. The summed E-state index contributed by atoms with van der Waals surface area (Å²) in [7, 11) is 0.688. The van der Waals surface area contributed by atoms with E-state index in [0.717, 1.165) is 6.42 Å². The molecule has 14 heavy (non-hydrogen) atoms. The highest BCUT2D eigenvalue weighted by Gasteiger charge is 2.37. The Balaban J connectivity index is 3.99. The molecule has 0 unspecified atom stereocenters. The standard InChI is InChI=1S/C7H17N3O3Si/c1-4-13-14(11-2,12-3)7-5-6-9-10-8/h4-7H2,1-3H3. The summed E-state index contributed by atoms with van der Waals surface area (Å²) in [5.74, 6) is 0. The van der Waals surface area contributed by atoms with Crippen molar-refractivity contribution in [3.63, 3.8) is 0 Å². The zero-order chi connectivity index (χ0) is 10.9. The van der Waals surface area contributed by atoms with E-state index in [9.17, 15) is 0 Å². The number of azide groups is 1. The van der Waals surface area contributed by atoms with E-state index in [-0.39, 0.29) is 0 Å². The third kappa shape index (κ3) is 4.59. The summed E-state index contributed by atoms with van der Waals surface area (Å²) in [6.45, 7) is 2.91. The summed E-state index contributed by atoms with van der Waals surface area (Å²) >= 11 is 0. The van der Waals surface area contributed by atoms with Crippen molar-refractivity contribution in [2.45, 2.75) is 19.4 Å². The molecule has 0 saturated carbocycles. The molecule has 0 fully saturated rings. The molecule has 6 nitrogen and oxygen atoms in total. The number of hydrogen-bond acceptors (Lipinski definition) is 4. The predicted molar refractivity (Wildman–Crippen MR) is 54.8 cm³/mol. The Hall–Kier alpha value is -0.593. The van der Waals surface area contributed by atoms with Gasteiger partial charge in [0.2, 0.25) is 0 Å². The maximum atomic E-state index is 8.09. The average molecular weight is 219 g/mol. The minimum absolute atomic E-state index is 0.449. The van der Waals surface area contributed by atoms with Crippen LogP contribution < -0.4 is 0 Å². The fraction of sp³-hybridized carbons (Fsp3) is 1.00. The maximum absolute atomic E-state index is 8.09. The van der Waals surface area contributed by atoms with Gasteiger partial charge in [0.05, 0.1) is 0 Å². The molecule has 0 heterocycles. The smallest absolute Gasteiger partial charge is 0.377 e. The van der Waals surface area contributed by atoms with Gasteiger partial charge in [-0.15, -0.1) is 0 Å². The summed E-state index contributed by atoms with van der Waals surface area (Å²) in [6.07, 6.45) is 0.720. The minimum Gasteiger partial charge on any atom is -0.377 e. The summed E-state index contributed by atoms with van der Waals surface area (Å²) in [6, 6.07) is 0.673. The van der Waals surface area contributed by atoms with E-state index in [1.165, 1.54) is 0 Å². The first-order chi connectivity index (χ1) is 6.74. The van der Waals surface area contributed by atoms with E-state index >= 15 is 0 Å². The van der Waals surface area contributed by atoms with E-state index in [4.69, 9.17) is 18.8 Å². The van der Waals surface area contributed by atoms with Crippen LogP contribution in [0.5, 0.6) is 0 Å². The van der Waals surface area contributed by atoms with E-state index in [0.29, 0.717) is 19.2 Å². The lowest BCUT2D eigenvalue weighted by molar-refractivity contribution is 0.103. The SMILES string of the molecule is CCO[Si](CCCN=[N+]=[N-])(OC)OC. The minimum atomic E-state index is -2.48. The summed E-state index contributed by atoms with van der Waals surface area (Å²) in [5.41, 5.74) is 8.09. The summed E-state index contributed by atoms with van der Waals surface area (Å²) in [5, 5.41) is 3.44. The molecule has 0 aromatic heterocycles. The first-order valence-corrected chi connectivity index (χ1v) is 6.43. The quantitative estimate of drug-likeness (QED) is 0.206. The van der Waals surface area contributed by atoms with Crippen LogP contribution in [0.25, 0.3) is 10.4 Å². The summed E-state index contributed by atoms with van der Waals surface area (Å²) in [4.78, 5) is 2.67. The fourth-order valence-corrected chi connectivity index (χ4v) is 3.09. The molecule has 0 radical (unpaired) electrons. The van der Waals surface area contributed by atoms with E-state index in [1.54, 1.807) is 14.2 Å². The zero-order valence-corrected chi connectivity index (χ0v) is 9.89. The monoisotopic (exact) mass is 219 g/mol. The van der Waals surface area contributed by atoms with Gasteiger partial charge in [0.15, 0.2) is 0 Å². The molecule has 0 aromatic carbocycles. The molecule has 0 bridgehead atoms. The maximum Gasteiger partial charge on any atom is 0.500 e. The van der Waals surface area contributed by atoms with Crippen molar-refractivity contribution < 1.29 is 13.3 Å². The highest BCUT2D eigenvalue weighted by molar-refractivity contribution is 6.60. The Morgan fingerprint density at radius 1 is 1.36 bits per heavy atom. The van der Waals surface area contributed by atoms with Crippen LogP contribution in [0.15, 0.2) is 5.11 Å². The molecule has 0 saturated heterocycles. The van der Waals surface area contributed by atoms with E-state index in [2.05, 4.69) is 10.0 Å². The van der Waals surface area contributed by atoms with E-state index < -0.39 is 8.80 Å². The molecule has 0 aromatic rings. The van der Waals surface area contributed by atoms with Gasteiger partial charge in [-0.1, -0.05) is 5.11 Å². The number of rotatable bonds is 8. The second kappa shape index (κ2) is 7.78. The first-order valence-electron chi connectivity index (χ1n) is 4.49. The van der Waals surface area contributed by atoms with Crippen LogP contribution in [0, 0.1) is 0 Å². The van der Waals surface area contributed by atoms with Crippen LogP contribution in [0.2, 0.25) is 6.04 Å². The lowest BCUT2D eigenvalue weighted by atomic mass is 10.5. The van der Waals surface area contributed by atoms with Crippen molar-refractivity contribution in [2.75, 3.05) is 27.4 Å². The first kappa shape index (κ1) is 13.4. The molecule has 82 valence electrons. The van der Waals surface area contributed by atoms with Crippen molar-refractivity contribution in [2.24, 2.45) is 5.11 Å². The molecule has 0 N–H and O–H groups in total. The van der Waals surface area contributed by atoms with Crippen molar-refractivity contribution in [1.29, 1.82) is 0 Å². The van der Waals surface area contributed by atoms with Crippen molar-refractivity contribution >= 4 is 8.80 Å². The van der Waals surface area contributed by atoms with Crippen LogP contribution in [0.4, 0.5) is 0 Å². The Bertz CT molecular complexity index is 193. The number of hydrogen-bond donors (Lipinski definition) is 0. The van der Waals surface area contributed by atoms with Crippen LogP contribution in [-0.4, -0.2) is 36.2 Å². The molecular weight excluding hydrogens is 202 g/mol. The fourth-order valence-electron chi connectivity index (χ4n) is 1.11. The molecule has 0 rings (SSSR count). The molecular formula is C7H17N3O3Si. The molecule has 0 aliphatic heterocycles. The lowest BCUT2D eigenvalue weighted by Crippen LogP contribution is -2.43.